The number of hydrogen-bond acceptors (Lipinski definition) is 5. The maximum absolute atomic E-state index is 12.2. The summed E-state index contributed by atoms with van der Waals surface area (Å²) in [7, 11) is -3.37. The van der Waals surface area contributed by atoms with Crippen LogP contribution in [0.25, 0.3) is 6.08 Å². The Morgan fingerprint density at radius 1 is 1.14 bits per heavy atom. The maximum Gasteiger partial charge on any atom is 0.236 e. The Kier molecular flexibility index (Phi) is 4.17. The monoisotopic (exact) mass is 316 g/mol. The predicted molar refractivity (Wildman–Crippen MR) is 85.4 cm³/mol. The van der Waals surface area contributed by atoms with Crippen LogP contribution in [0.4, 0.5) is 5.82 Å². The highest BCUT2D eigenvalue weighted by Crippen LogP contribution is 2.18. The smallest absolute Gasteiger partial charge is 0.236 e. The standard InChI is InChI=1S/C15H16N4O2S/c20-22(21,10-8-13-5-2-1-3-6-13)19-11-14(12-19)17-15-7-4-9-16-18-15/h1-10,14H,11-12H2,(H,17,18). The summed E-state index contributed by atoms with van der Waals surface area (Å²) in [6.07, 6.45) is 3.20. The minimum atomic E-state index is -3.37. The van der Waals surface area contributed by atoms with Crippen molar-refractivity contribution in [2.24, 2.45) is 0 Å². The molecule has 0 saturated carbocycles. The fourth-order valence-electron chi connectivity index (χ4n) is 2.14. The highest BCUT2D eigenvalue weighted by Gasteiger charge is 2.34. The first-order valence-electron chi connectivity index (χ1n) is 6.91. The van der Waals surface area contributed by atoms with E-state index >= 15 is 0 Å². The summed E-state index contributed by atoms with van der Waals surface area (Å²) >= 11 is 0. The molecular formula is C15H16N4O2S. The van der Waals surface area contributed by atoms with Crippen LogP contribution in [-0.2, 0) is 10.0 Å². The summed E-state index contributed by atoms with van der Waals surface area (Å²) in [4.78, 5) is 0. The molecule has 22 heavy (non-hydrogen) atoms. The molecule has 1 aliphatic rings. The van der Waals surface area contributed by atoms with Gasteiger partial charge in [0, 0.05) is 24.7 Å². The first kappa shape index (κ1) is 14.7. The largest absolute Gasteiger partial charge is 0.363 e. The second kappa shape index (κ2) is 6.25. The summed E-state index contributed by atoms with van der Waals surface area (Å²) in [5, 5.41) is 12.1. The van der Waals surface area contributed by atoms with Crippen molar-refractivity contribution in [2.75, 3.05) is 18.4 Å². The van der Waals surface area contributed by atoms with E-state index in [-0.39, 0.29) is 6.04 Å². The Bertz CT molecular complexity index is 742. The summed E-state index contributed by atoms with van der Waals surface area (Å²) in [6.45, 7) is 0.857. The van der Waals surface area contributed by atoms with Crippen molar-refractivity contribution in [2.45, 2.75) is 6.04 Å². The zero-order valence-corrected chi connectivity index (χ0v) is 12.6. The summed E-state index contributed by atoms with van der Waals surface area (Å²) in [5.41, 5.74) is 0.862. The van der Waals surface area contributed by atoms with Gasteiger partial charge in [-0.25, -0.2) is 8.42 Å². The number of aromatic nitrogens is 2. The molecule has 2 aromatic rings. The Hall–Kier alpha value is -2.25. The highest BCUT2D eigenvalue weighted by atomic mass is 32.2. The molecule has 2 heterocycles. The Morgan fingerprint density at radius 2 is 1.91 bits per heavy atom. The molecule has 0 spiro atoms. The molecule has 0 atom stereocenters. The Morgan fingerprint density at radius 3 is 2.59 bits per heavy atom. The molecule has 3 rings (SSSR count). The topological polar surface area (TPSA) is 75.2 Å². The van der Waals surface area contributed by atoms with E-state index in [1.165, 1.54) is 9.71 Å². The van der Waals surface area contributed by atoms with Crippen molar-refractivity contribution < 1.29 is 8.42 Å². The Balaban J connectivity index is 1.56. The summed E-state index contributed by atoms with van der Waals surface area (Å²) in [5.74, 6) is 0.657. The quantitative estimate of drug-likeness (QED) is 0.906. The third kappa shape index (κ3) is 3.49. The fourth-order valence-corrected chi connectivity index (χ4v) is 3.42. The zero-order valence-electron chi connectivity index (χ0n) is 11.8. The number of sulfonamides is 1. The maximum atomic E-state index is 12.2. The van der Waals surface area contributed by atoms with E-state index in [0.717, 1.165) is 5.56 Å². The van der Waals surface area contributed by atoms with Gasteiger partial charge < -0.3 is 5.32 Å². The minimum absolute atomic E-state index is 0.0663. The van der Waals surface area contributed by atoms with Crippen molar-refractivity contribution in [1.29, 1.82) is 0 Å². The average Bonchev–Trinajstić information content (AvgIpc) is 2.50. The van der Waals surface area contributed by atoms with E-state index in [4.69, 9.17) is 0 Å². The van der Waals surface area contributed by atoms with Crippen molar-refractivity contribution in [3.05, 3.63) is 59.6 Å². The van der Waals surface area contributed by atoms with Crippen molar-refractivity contribution >= 4 is 21.9 Å². The third-order valence-corrected chi connectivity index (χ3v) is 4.86. The first-order valence-corrected chi connectivity index (χ1v) is 8.41. The lowest BCUT2D eigenvalue weighted by Crippen LogP contribution is -2.56. The van der Waals surface area contributed by atoms with Crippen LogP contribution in [0.15, 0.2) is 54.1 Å². The molecule has 1 saturated heterocycles. The molecule has 1 N–H and O–H groups in total. The number of anilines is 1. The molecule has 6 nitrogen and oxygen atoms in total. The number of rotatable bonds is 5. The minimum Gasteiger partial charge on any atom is -0.363 e. The van der Waals surface area contributed by atoms with E-state index < -0.39 is 10.0 Å². The molecule has 0 bridgehead atoms. The highest BCUT2D eigenvalue weighted by molar-refractivity contribution is 7.92. The Labute approximate surface area is 129 Å². The van der Waals surface area contributed by atoms with Crippen LogP contribution in [0.1, 0.15) is 5.56 Å². The van der Waals surface area contributed by atoms with Gasteiger partial charge in [-0.15, -0.1) is 5.10 Å². The number of benzene rings is 1. The lowest BCUT2D eigenvalue weighted by Gasteiger charge is -2.37. The van der Waals surface area contributed by atoms with Crippen LogP contribution in [0, 0.1) is 0 Å². The van der Waals surface area contributed by atoms with Crippen LogP contribution in [0.2, 0.25) is 0 Å². The van der Waals surface area contributed by atoms with Gasteiger partial charge in [-0.05, 0) is 23.8 Å². The van der Waals surface area contributed by atoms with Crippen molar-refractivity contribution in [3.8, 4) is 0 Å². The molecule has 0 amide bonds. The first-order chi connectivity index (χ1) is 10.6. The fraction of sp³-hybridized carbons (Fsp3) is 0.200. The van der Waals surface area contributed by atoms with Gasteiger partial charge in [0.15, 0.2) is 0 Å². The van der Waals surface area contributed by atoms with Crippen LogP contribution in [0.5, 0.6) is 0 Å². The van der Waals surface area contributed by atoms with E-state index in [2.05, 4.69) is 15.5 Å². The van der Waals surface area contributed by atoms with Gasteiger partial charge in [0.1, 0.15) is 5.82 Å². The summed E-state index contributed by atoms with van der Waals surface area (Å²) in [6, 6.07) is 13.0. The van der Waals surface area contributed by atoms with E-state index in [9.17, 15) is 8.42 Å². The zero-order chi connectivity index (χ0) is 15.4. The van der Waals surface area contributed by atoms with Gasteiger partial charge in [0.05, 0.1) is 6.04 Å². The average molecular weight is 316 g/mol. The van der Waals surface area contributed by atoms with Gasteiger partial charge in [-0.2, -0.15) is 9.40 Å². The molecule has 1 aliphatic heterocycles. The lowest BCUT2D eigenvalue weighted by molar-refractivity contribution is 0.283. The van der Waals surface area contributed by atoms with Gasteiger partial charge in [-0.3, -0.25) is 0 Å². The lowest BCUT2D eigenvalue weighted by atomic mass is 10.2. The van der Waals surface area contributed by atoms with E-state index in [0.29, 0.717) is 18.9 Å². The molecule has 1 fully saturated rings. The molecular weight excluding hydrogens is 300 g/mol. The molecule has 1 aromatic carbocycles. The van der Waals surface area contributed by atoms with Gasteiger partial charge >= 0.3 is 0 Å². The molecule has 7 heteroatoms. The molecule has 114 valence electrons. The van der Waals surface area contributed by atoms with Crippen molar-refractivity contribution in [1.82, 2.24) is 14.5 Å². The number of nitrogens with one attached hydrogen (secondary N) is 1. The SMILES string of the molecule is O=S(=O)(C=Cc1ccccc1)N1CC(Nc2cccnn2)C1. The predicted octanol–water partition coefficient (Wildman–Crippen LogP) is 1.57. The summed E-state index contributed by atoms with van der Waals surface area (Å²) < 4.78 is 25.8. The second-order valence-electron chi connectivity index (χ2n) is 5.03. The van der Waals surface area contributed by atoms with Gasteiger partial charge in [0.2, 0.25) is 10.0 Å². The van der Waals surface area contributed by atoms with Crippen LogP contribution in [0.3, 0.4) is 0 Å². The normalized spacial score (nSPS) is 16.5. The van der Waals surface area contributed by atoms with Crippen LogP contribution < -0.4 is 5.32 Å². The molecule has 0 aliphatic carbocycles. The van der Waals surface area contributed by atoms with Gasteiger partial charge in [0.25, 0.3) is 0 Å². The van der Waals surface area contributed by atoms with E-state index in [1.54, 1.807) is 24.4 Å². The van der Waals surface area contributed by atoms with Gasteiger partial charge in [-0.1, -0.05) is 30.3 Å². The van der Waals surface area contributed by atoms with Crippen LogP contribution in [-0.4, -0.2) is 42.1 Å². The third-order valence-electron chi connectivity index (χ3n) is 3.36. The number of nitrogens with zero attached hydrogens (tertiary/aromatic N) is 3. The van der Waals surface area contributed by atoms with Crippen LogP contribution >= 0.6 is 0 Å². The number of hydrogen-bond donors (Lipinski definition) is 1. The van der Waals surface area contributed by atoms with E-state index in [1.807, 2.05) is 30.3 Å². The molecule has 0 radical (unpaired) electrons. The molecule has 0 unspecified atom stereocenters. The molecule has 1 aromatic heterocycles. The van der Waals surface area contributed by atoms with Crippen molar-refractivity contribution in [3.63, 3.8) is 0 Å². The second-order valence-corrected chi connectivity index (χ2v) is 6.84.